The highest BCUT2D eigenvalue weighted by Gasteiger charge is 2.43. The molecule has 124 valence electrons. The average Bonchev–Trinajstić information content (AvgIpc) is 3.02. The number of carbonyl (C=O) groups excluding carboxylic acids is 1. The monoisotopic (exact) mass is 323 g/mol. The Bertz CT molecular complexity index is 781. The molecule has 5 rings (SSSR count). The number of hydrogen-bond acceptors (Lipinski definition) is 4. The van der Waals surface area contributed by atoms with Crippen LogP contribution >= 0.6 is 0 Å². The van der Waals surface area contributed by atoms with E-state index in [1.807, 2.05) is 28.9 Å². The molecule has 1 aromatic heterocycles. The molecule has 2 bridgehead atoms. The molecule has 0 unspecified atom stereocenters. The molecule has 0 aliphatic heterocycles. The maximum atomic E-state index is 12.8. The number of amides is 1. The predicted molar refractivity (Wildman–Crippen MR) is 89.1 cm³/mol. The van der Waals surface area contributed by atoms with E-state index in [1.54, 1.807) is 0 Å². The largest absolute Gasteiger partial charge is 0.325 e. The third-order valence-corrected chi connectivity index (χ3v) is 5.89. The van der Waals surface area contributed by atoms with Gasteiger partial charge in [-0.15, -0.1) is 5.10 Å². The zero-order valence-corrected chi connectivity index (χ0v) is 13.6. The first-order chi connectivity index (χ1) is 11.8. The minimum atomic E-state index is 0.167. The summed E-state index contributed by atoms with van der Waals surface area (Å²) in [5, 5.41) is 15.3. The van der Waals surface area contributed by atoms with Crippen molar-refractivity contribution in [3.8, 4) is 11.4 Å². The lowest BCUT2D eigenvalue weighted by Crippen LogP contribution is -2.27. The fourth-order valence-corrected chi connectivity index (χ4v) is 4.51. The number of rotatable bonds is 4. The van der Waals surface area contributed by atoms with Gasteiger partial charge in [0.25, 0.3) is 0 Å². The second-order valence-corrected chi connectivity index (χ2v) is 7.49. The maximum Gasteiger partial charge on any atom is 0.227 e. The van der Waals surface area contributed by atoms with E-state index in [2.05, 4.69) is 20.8 Å². The fraction of sp³-hybridized carbons (Fsp3) is 0.556. The van der Waals surface area contributed by atoms with Crippen LogP contribution in [0.2, 0.25) is 0 Å². The highest BCUT2D eigenvalue weighted by molar-refractivity contribution is 5.96. The van der Waals surface area contributed by atoms with Gasteiger partial charge < -0.3 is 5.32 Å². The van der Waals surface area contributed by atoms with Gasteiger partial charge in [0, 0.05) is 11.5 Å². The van der Waals surface area contributed by atoms with E-state index in [0.29, 0.717) is 12.0 Å². The van der Waals surface area contributed by atoms with E-state index in [-0.39, 0.29) is 11.8 Å². The van der Waals surface area contributed by atoms with Crippen molar-refractivity contribution in [1.82, 2.24) is 20.2 Å². The van der Waals surface area contributed by atoms with Gasteiger partial charge >= 0.3 is 0 Å². The second kappa shape index (κ2) is 5.40. The molecule has 1 heterocycles. The molecule has 0 radical (unpaired) electrons. The molecular formula is C18H21N5O. The Balaban J connectivity index is 1.42. The number of nitrogens with one attached hydrogen (secondary N) is 1. The Kier molecular flexibility index (Phi) is 3.18. The van der Waals surface area contributed by atoms with Crippen LogP contribution in [0.1, 0.15) is 44.6 Å². The molecule has 3 aliphatic carbocycles. The van der Waals surface area contributed by atoms with Gasteiger partial charge in [-0.3, -0.25) is 4.79 Å². The zero-order valence-electron chi connectivity index (χ0n) is 13.6. The van der Waals surface area contributed by atoms with Crippen LogP contribution in [0.3, 0.4) is 0 Å². The van der Waals surface area contributed by atoms with Gasteiger partial charge in [0.2, 0.25) is 5.91 Å². The summed E-state index contributed by atoms with van der Waals surface area (Å²) in [6.07, 6.45) is 7.05. The molecule has 6 heteroatoms. The Morgan fingerprint density at radius 2 is 2.00 bits per heavy atom. The summed E-state index contributed by atoms with van der Waals surface area (Å²) in [6, 6.07) is 8.26. The van der Waals surface area contributed by atoms with Crippen LogP contribution in [0.5, 0.6) is 0 Å². The van der Waals surface area contributed by atoms with Gasteiger partial charge in [0.1, 0.15) is 0 Å². The fourth-order valence-electron chi connectivity index (χ4n) is 4.51. The van der Waals surface area contributed by atoms with Gasteiger partial charge in [-0.25, -0.2) is 4.68 Å². The molecule has 0 spiro atoms. The first kappa shape index (κ1) is 14.1. The normalized spacial score (nSPS) is 28.2. The summed E-state index contributed by atoms with van der Waals surface area (Å²) in [7, 11) is 0. The summed E-state index contributed by atoms with van der Waals surface area (Å²) in [5.74, 6) is 2.44. The number of anilines is 1. The van der Waals surface area contributed by atoms with Crippen molar-refractivity contribution < 1.29 is 4.79 Å². The number of tetrazole rings is 1. The standard InChI is InChI=1S/C18H21N5O/c24-18(15-10-11-5-6-12(15)9-11)19-16-4-2-1-3-14(16)17-20-21-22-23(17)13-7-8-13/h1-4,11-13,15H,5-10H2,(H,19,24)/t11-,12-,15+/m0/s1. The number of benzene rings is 1. The average molecular weight is 323 g/mol. The molecule has 3 aliphatic rings. The molecular weight excluding hydrogens is 302 g/mol. The molecule has 1 N–H and O–H groups in total. The maximum absolute atomic E-state index is 12.8. The summed E-state index contributed by atoms with van der Waals surface area (Å²) in [4.78, 5) is 12.8. The number of carbonyl (C=O) groups is 1. The quantitative estimate of drug-likeness (QED) is 0.938. The van der Waals surface area contributed by atoms with Crippen molar-refractivity contribution in [3.05, 3.63) is 24.3 Å². The highest BCUT2D eigenvalue weighted by atomic mass is 16.1. The van der Waals surface area contributed by atoms with Crippen molar-refractivity contribution in [3.63, 3.8) is 0 Å². The third-order valence-electron chi connectivity index (χ3n) is 5.89. The smallest absolute Gasteiger partial charge is 0.227 e. The first-order valence-corrected chi connectivity index (χ1v) is 8.97. The SMILES string of the molecule is O=C(Nc1ccccc1-c1nnnn1C1CC1)[C@@H]1C[C@H]2CC[C@H]1C2. The van der Waals surface area contributed by atoms with E-state index in [9.17, 15) is 4.79 Å². The second-order valence-electron chi connectivity index (χ2n) is 7.49. The van der Waals surface area contributed by atoms with E-state index in [1.165, 1.54) is 19.3 Å². The molecule has 3 atom stereocenters. The van der Waals surface area contributed by atoms with Crippen molar-refractivity contribution in [2.24, 2.45) is 17.8 Å². The molecule has 3 saturated carbocycles. The Morgan fingerprint density at radius 3 is 2.75 bits per heavy atom. The number of para-hydroxylation sites is 1. The molecule has 24 heavy (non-hydrogen) atoms. The summed E-state index contributed by atoms with van der Waals surface area (Å²) in [6.45, 7) is 0. The topological polar surface area (TPSA) is 72.7 Å². The molecule has 1 aromatic carbocycles. The Morgan fingerprint density at radius 1 is 1.12 bits per heavy atom. The van der Waals surface area contributed by atoms with E-state index < -0.39 is 0 Å². The van der Waals surface area contributed by atoms with Crippen LogP contribution in [0, 0.1) is 17.8 Å². The van der Waals surface area contributed by atoms with E-state index in [4.69, 9.17) is 0 Å². The molecule has 0 saturated heterocycles. The number of fused-ring (bicyclic) bond motifs is 2. The minimum Gasteiger partial charge on any atom is -0.325 e. The Labute approximate surface area is 140 Å². The number of aromatic nitrogens is 4. The zero-order chi connectivity index (χ0) is 16.1. The lowest BCUT2D eigenvalue weighted by molar-refractivity contribution is -0.121. The Hall–Kier alpha value is -2.24. The van der Waals surface area contributed by atoms with Crippen molar-refractivity contribution in [2.45, 2.75) is 44.6 Å². The summed E-state index contributed by atoms with van der Waals surface area (Å²) in [5.41, 5.74) is 1.73. The first-order valence-electron chi connectivity index (χ1n) is 8.97. The number of nitrogens with zero attached hydrogens (tertiary/aromatic N) is 4. The van der Waals surface area contributed by atoms with Crippen LogP contribution in [0.25, 0.3) is 11.4 Å². The van der Waals surface area contributed by atoms with Crippen LogP contribution in [0.15, 0.2) is 24.3 Å². The lowest BCUT2D eigenvalue weighted by Gasteiger charge is -2.21. The van der Waals surface area contributed by atoms with Crippen LogP contribution in [-0.4, -0.2) is 26.1 Å². The van der Waals surface area contributed by atoms with Gasteiger partial charge in [0.05, 0.1) is 11.7 Å². The summed E-state index contributed by atoms with van der Waals surface area (Å²) < 4.78 is 1.89. The minimum absolute atomic E-state index is 0.167. The van der Waals surface area contributed by atoms with Gasteiger partial charge in [0.15, 0.2) is 5.82 Å². The van der Waals surface area contributed by atoms with E-state index in [0.717, 1.165) is 42.3 Å². The number of hydrogen-bond donors (Lipinski definition) is 1. The molecule has 2 aromatic rings. The van der Waals surface area contributed by atoms with Crippen molar-refractivity contribution >= 4 is 11.6 Å². The molecule has 3 fully saturated rings. The van der Waals surface area contributed by atoms with E-state index >= 15 is 0 Å². The van der Waals surface area contributed by atoms with Gasteiger partial charge in [-0.05, 0) is 66.5 Å². The molecule has 6 nitrogen and oxygen atoms in total. The third kappa shape index (κ3) is 2.32. The van der Waals surface area contributed by atoms with Gasteiger partial charge in [-0.2, -0.15) is 0 Å². The van der Waals surface area contributed by atoms with Crippen molar-refractivity contribution in [2.75, 3.05) is 5.32 Å². The molecule has 1 amide bonds. The lowest BCUT2D eigenvalue weighted by atomic mass is 9.88. The van der Waals surface area contributed by atoms with Crippen LogP contribution in [-0.2, 0) is 4.79 Å². The highest BCUT2D eigenvalue weighted by Crippen LogP contribution is 2.48. The summed E-state index contributed by atoms with van der Waals surface area (Å²) >= 11 is 0. The van der Waals surface area contributed by atoms with Crippen LogP contribution < -0.4 is 5.32 Å². The van der Waals surface area contributed by atoms with Gasteiger partial charge in [-0.1, -0.05) is 18.6 Å². The van der Waals surface area contributed by atoms with Crippen molar-refractivity contribution in [1.29, 1.82) is 0 Å². The van der Waals surface area contributed by atoms with Crippen LogP contribution in [0.4, 0.5) is 5.69 Å². The predicted octanol–water partition coefficient (Wildman–Crippen LogP) is 3.05.